The fraction of sp³-hybridized carbons (Fsp3) is 0.529. The number of hydrogen-bond donors (Lipinski definition) is 1. The largest absolute Gasteiger partial charge is 0.507 e. The molecule has 39 heavy (non-hydrogen) atoms. The first-order chi connectivity index (χ1) is 18.9. The molecule has 1 atom stereocenters. The van der Waals surface area contributed by atoms with Gasteiger partial charge in [0.2, 0.25) is 0 Å². The molecule has 0 aromatic heterocycles. The lowest BCUT2D eigenvalue weighted by atomic mass is 9.94. The summed E-state index contributed by atoms with van der Waals surface area (Å²) in [5.41, 5.74) is 2.65. The average molecular weight is 597 g/mol. The number of Topliss-reactive ketones (excluding diaryl/α,β-unsaturated/α-hetero) is 1. The van der Waals surface area contributed by atoms with E-state index in [2.05, 4.69) is 22.9 Å². The second-order valence-corrected chi connectivity index (χ2v) is 11.9. The molecule has 4 nitrogen and oxygen atoms in total. The first-order valence-corrected chi connectivity index (χ1v) is 15.8. The highest BCUT2D eigenvalue weighted by molar-refractivity contribution is 9.10. The van der Waals surface area contributed by atoms with Crippen molar-refractivity contribution in [2.45, 2.75) is 110 Å². The molecule has 0 spiro atoms. The predicted octanol–water partition coefficient (Wildman–Crippen LogP) is 9.66. The van der Waals surface area contributed by atoms with Gasteiger partial charge in [-0.2, -0.15) is 0 Å². The van der Waals surface area contributed by atoms with Gasteiger partial charge < -0.3 is 10.0 Å². The van der Waals surface area contributed by atoms with Crippen molar-refractivity contribution in [3.8, 4) is 0 Å². The Labute approximate surface area is 244 Å². The van der Waals surface area contributed by atoms with Crippen LogP contribution in [0.5, 0.6) is 0 Å². The molecule has 1 fully saturated rings. The molecule has 1 aliphatic heterocycles. The van der Waals surface area contributed by atoms with Crippen LogP contribution in [0.25, 0.3) is 5.76 Å². The van der Waals surface area contributed by atoms with E-state index in [0.29, 0.717) is 12.1 Å². The molecule has 3 rings (SSSR count). The lowest BCUT2D eigenvalue weighted by Gasteiger charge is -2.25. The number of ketones is 1. The summed E-state index contributed by atoms with van der Waals surface area (Å²) in [6, 6.07) is 14.5. The minimum Gasteiger partial charge on any atom is -0.507 e. The lowest BCUT2D eigenvalue weighted by Crippen LogP contribution is -2.30. The summed E-state index contributed by atoms with van der Waals surface area (Å²) in [6.07, 6.45) is 17.8. The smallest absolute Gasteiger partial charge is 0.295 e. The van der Waals surface area contributed by atoms with E-state index < -0.39 is 17.7 Å². The highest BCUT2D eigenvalue weighted by Gasteiger charge is 2.45. The van der Waals surface area contributed by atoms with Crippen LogP contribution in [0.2, 0.25) is 0 Å². The quantitative estimate of drug-likeness (QED) is 0.0856. The molecule has 0 aliphatic carbocycles. The van der Waals surface area contributed by atoms with Crippen molar-refractivity contribution in [3.63, 3.8) is 0 Å². The maximum Gasteiger partial charge on any atom is 0.295 e. The van der Waals surface area contributed by atoms with E-state index in [1.165, 1.54) is 70.6 Å². The number of amides is 1. The van der Waals surface area contributed by atoms with Gasteiger partial charge in [0.15, 0.2) is 0 Å². The molecular weight excluding hydrogens is 550 g/mol. The van der Waals surface area contributed by atoms with Crippen LogP contribution < -0.4 is 0 Å². The summed E-state index contributed by atoms with van der Waals surface area (Å²) in [7, 11) is 0. The Kier molecular flexibility index (Phi) is 13.3. The average Bonchev–Trinajstić information content (AvgIpc) is 3.18. The van der Waals surface area contributed by atoms with Crippen LogP contribution in [-0.4, -0.2) is 28.2 Å². The Bertz CT molecular complexity index is 1090. The lowest BCUT2D eigenvalue weighted by molar-refractivity contribution is -0.139. The Morgan fingerprint density at radius 2 is 1.33 bits per heavy atom. The summed E-state index contributed by atoms with van der Waals surface area (Å²) in [5, 5.41) is 11.2. The van der Waals surface area contributed by atoms with E-state index in [0.717, 1.165) is 34.9 Å². The van der Waals surface area contributed by atoms with Crippen molar-refractivity contribution in [1.29, 1.82) is 0 Å². The standard InChI is InChI=1S/C34H46BrNO3/c1-3-4-5-6-7-8-9-10-11-12-13-14-15-16-24-36-31(27-22-20-26(2)21-23-27)30(33(38)34(36)39)32(37)28-18-17-19-29(35)25-28/h17-23,25,31,37H,3-16,24H2,1-2H3/b32-30+/t31-/m0/s1. The predicted molar refractivity (Wildman–Crippen MR) is 165 cm³/mol. The number of benzene rings is 2. The van der Waals surface area contributed by atoms with Crippen molar-refractivity contribution in [2.24, 2.45) is 0 Å². The third-order valence-corrected chi connectivity index (χ3v) is 8.28. The molecule has 0 bridgehead atoms. The van der Waals surface area contributed by atoms with E-state index in [1.807, 2.05) is 43.3 Å². The number of likely N-dealkylation sites (tertiary alicyclic amines) is 1. The molecule has 1 amide bonds. The van der Waals surface area contributed by atoms with Crippen LogP contribution in [0.1, 0.15) is 120 Å². The Morgan fingerprint density at radius 1 is 0.795 bits per heavy atom. The van der Waals surface area contributed by atoms with E-state index in [1.54, 1.807) is 17.0 Å². The van der Waals surface area contributed by atoms with E-state index >= 15 is 0 Å². The van der Waals surface area contributed by atoms with Crippen molar-refractivity contribution in [2.75, 3.05) is 6.54 Å². The highest BCUT2D eigenvalue weighted by Crippen LogP contribution is 2.40. The number of unbranched alkanes of at least 4 members (excludes halogenated alkanes) is 13. The van der Waals surface area contributed by atoms with Gasteiger partial charge in [0.25, 0.3) is 11.7 Å². The van der Waals surface area contributed by atoms with Gasteiger partial charge in [0.1, 0.15) is 5.76 Å². The summed E-state index contributed by atoms with van der Waals surface area (Å²) in [4.78, 5) is 28.0. The molecule has 0 radical (unpaired) electrons. The van der Waals surface area contributed by atoms with E-state index in [-0.39, 0.29) is 11.3 Å². The van der Waals surface area contributed by atoms with Crippen molar-refractivity contribution in [3.05, 3.63) is 75.3 Å². The van der Waals surface area contributed by atoms with Crippen molar-refractivity contribution >= 4 is 33.4 Å². The third kappa shape index (κ3) is 9.34. The number of rotatable bonds is 17. The van der Waals surface area contributed by atoms with Gasteiger partial charge in [-0.25, -0.2) is 0 Å². The third-order valence-electron chi connectivity index (χ3n) is 7.78. The van der Waals surface area contributed by atoms with Gasteiger partial charge in [-0.05, 0) is 31.0 Å². The number of nitrogens with zero attached hydrogens (tertiary/aromatic N) is 1. The minimum atomic E-state index is -0.608. The van der Waals surface area contributed by atoms with Crippen LogP contribution in [0.3, 0.4) is 0 Å². The SMILES string of the molecule is CCCCCCCCCCCCCCCCN1C(=O)C(=O)/C(=C(/O)c2cccc(Br)c2)[C@@H]1c1ccc(C)cc1. The van der Waals surface area contributed by atoms with Crippen LogP contribution in [0, 0.1) is 6.92 Å². The Morgan fingerprint density at radius 3 is 1.87 bits per heavy atom. The molecule has 1 N–H and O–H groups in total. The van der Waals surface area contributed by atoms with E-state index in [9.17, 15) is 14.7 Å². The second-order valence-electron chi connectivity index (χ2n) is 11.0. The molecule has 2 aromatic carbocycles. The zero-order valence-corrected chi connectivity index (χ0v) is 25.5. The molecular formula is C34H46BrNO3. The van der Waals surface area contributed by atoms with Gasteiger partial charge in [0, 0.05) is 16.6 Å². The summed E-state index contributed by atoms with van der Waals surface area (Å²) in [5.74, 6) is -1.25. The zero-order valence-electron chi connectivity index (χ0n) is 23.9. The van der Waals surface area contributed by atoms with Crippen LogP contribution in [-0.2, 0) is 9.59 Å². The molecule has 2 aromatic rings. The first kappa shape index (κ1) is 31.1. The van der Waals surface area contributed by atoms with Gasteiger partial charge >= 0.3 is 0 Å². The number of aliphatic hydroxyl groups is 1. The Hall–Kier alpha value is -2.40. The molecule has 0 unspecified atom stereocenters. The maximum atomic E-state index is 13.2. The van der Waals surface area contributed by atoms with Gasteiger partial charge in [0.05, 0.1) is 11.6 Å². The highest BCUT2D eigenvalue weighted by atomic mass is 79.9. The maximum absolute atomic E-state index is 13.2. The molecule has 1 heterocycles. The number of hydrogen-bond acceptors (Lipinski definition) is 3. The molecule has 1 aliphatic rings. The first-order valence-electron chi connectivity index (χ1n) is 15.0. The van der Waals surface area contributed by atoms with Crippen molar-refractivity contribution in [1.82, 2.24) is 4.90 Å². The van der Waals surface area contributed by atoms with Gasteiger partial charge in [-0.15, -0.1) is 0 Å². The normalized spacial score (nSPS) is 16.8. The van der Waals surface area contributed by atoms with Crippen LogP contribution >= 0.6 is 15.9 Å². The minimum absolute atomic E-state index is 0.122. The van der Waals surface area contributed by atoms with Crippen LogP contribution in [0.4, 0.5) is 0 Å². The molecule has 0 saturated carbocycles. The number of aryl methyl sites for hydroxylation is 1. The summed E-state index contributed by atoms with van der Waals surface area (Å²) < 4.78 is 0.801. The monoisotopic (exact) mass is 595 g/mol. The van der Waals surface area contributed by atoms with Crippen LogP contribution in [0.15, 0.2) is 58.6 Å². The number of halogens is 1. The number of carbonyl (C=O) groups is 2. The number of aliphatic hydroxyl groups excluding tert-OH is 1. The summed E-state index contributed by atoms with van der Waals surface area (Å²) in [6.45, 7) is 4.79. The topological polar surface area (TPSA) is 57.6 Å². The Balaban J connectivity index is 1.53. The fourth-order valence-electron chi connectivity index (χ4n) is 5.47. The van der Waals surface area contributed by atoms with E-state index in [4.69, 9.17) is 0 Å². The molecule has 1 saturated heterocycles. The summed E-state index contributed by atoms with van der Waals surface area (Å²) >= 11 is 3.44. The molecule has 5 heteroatoms. The fourth-order valence-corrected chi connectivity index (χ4v) is 5.87. The van der Waals surface area contributed by atoms with Crippen molar-refractivity contribution < 1.29 is 14.7 Å². The molecule has 212 valence electrons. The van der Waals surface area contributed by atoms with Gasteiger partial charge in [-0.3, -0.25) is 9.59 Å². The zero-order chi connectivity index (χ0) is 28.0. The number of carbonyl (C=O) groups excluding carboxylic acids is 2. The van der Waals surface area contributed by atoms with Gasteiger partial charge in [-0.1, -0.05) is 148 Å². The second kappa shape index (κ2) is 16.6.